The van der Waals surface area contributed by atoms with E-state index in [1.807, 2.05) is 36.4 Å². The lowest BCUT2D eigenvalue weighted by atomic mass is 10.0. The molecule has 3 rings (SSSR count). The van der Waals surface area contributed by atoms with E-state index in [0.29, 0.717) is 5.02 Å². The molecule has 0 aliphatic carbocycles. The first-order valence-corrected chi connectivity index (χ1v) is 11.0. The molecule has 158 valence electrons. The van der Waals surface area contributed by atoms with Gasteiger partial charge in [0.15, 0.2) is 0 Å². The highest BCUT2D eigenvalue weighted by Gasteiger charge is 2.12. The van der Waals surface area contributed by atoms with Crippen LogP contribution in [0.4, 0.5) is 5.82 Å². The number of rotatable bonds is 6. The van der Waals surface area contributed by atoms with Crippen molar-refractivity contribution in [3.8, 4) is 11.3 Å². The SMILES string of the molecule is C=C(Nc1nc(-c2ccccc2Cl)cc(C)c1C)c1ccccc1C.CCCCC. The van der Waals surface area contributed by atoms with Gasteiger partial charge in [0.1, 0.15) is 5.82 Å². The number of nitrogens with one attached hydrogen (secondary N) is 1. The molecule has 3 heteroatoms. The largest absolute Gasteiger partial charge is 0.340 e. The van der Waals surface area contributed by atoms with Gasteiger partial charge in [-0.3, -0.25) is 0 Å². The lowest BCUT2D eigenvalue weighted by Gasteiger charge is -2.16. The first-order chi connectivity index (χ1) is 14.4. The molecule has 0 aliphatic rings. The van der Waals surface area contributed by atoms with Crippen molar-refractivity contribution in [2.24, 2.45) is 0 Å². The molecule has 30 heavy (non-hydrogen) atoms. The van der Waals surface area contributed by atoms with Gasteiger partial charge in [0.2, 0.25) is 0 Å². The molecule has 0 bridgehead atoms. The summed E-state index contributed by atoms with van der Waals surface area (Å²) in [5.74, 6) is 0.808. The van der Waals surface area contributed by atoms with E-state index < -0.39 is 0 Å². The van der Waals surface area contributed by atoms with Crippen LogP contribution >= 0.6 is 11.6 Å². The summed E-state index contributed by atoms with van der Waals surface area (Å²) in [4.78, 5) is 4.80. The van der Waals surface area contributed by atoms with Gasteiger partial charge in [-0.05, 0) is 49.6 Å². The topological polar surface area (TPSA) is 24.9 Å². The predicted octanol–water partition coefficient (Wildman–Crippen LogP) is 8.61. The minimum Gasteiger partial charge on any atom is -0.340 e. The highest BCUT2D eigenvalue weighted by atomic mass is 35.5. The molecule has 0 radical (unpaired) electrons. The summed E-state index contributed by atoms with van der Waals surface area (Å²) in [6, 6.07) is 18.0. The fourth-order valence-corrected chi connectivity index (χ4v) is 3.37. The van der Waals surface area contributed by atoms with Crippen LogP contribution in [0, 0.1) is 20.8 Å². The average Bonchev–Trinajstić information content (AvgIpc) is 2.73. The molecule has 0 unspecified atom stereocenters. The van der Waals surface area contributed by atoms with Crippen molar-refractivity contribution in [3.63, 3.8) is 0 Å². The summed E-state index contributed by atoms with van der Waals surface area (Å²) in [7, 11) is 0. The third-order valence-electron chi connectivity index (χ3n) is 5.13. The molecule has 1 heterocycles. The summed E-state index contributed by atoms with van der Waals surface area (Å²) >= 11 is 6.35. The van der Waals surface area contributed by atoms with Crippen molar-refractivity contribution in [3.05, 3.63) is 88.5 Å². The van der Waals surface area contributed by atoms with Gasteiger partial charge in [0.05, 0.1) is 5.69 Å². The first-order valence-electron chi connectivity index (χ1n) is 10.6. The summed E-state index contributed by atoms with van der Waals surface area (Å²) in [5, 5.41) is 4.09. The minimum absolute atomic E-state index is 0.696. The average molecular weight is 421 g/mol. The maximum absolute atomic E-state index is 6.35. The minimum atomic E-state index is 0.696. The van der Waals surface area contributed by atoms with Crippen molar-refractivity contribution in [2.75, 3.05) is 5.32 Å². The second kappa shape index (κ2) is 11.6. The van der Waals surface area contributed by atoms with Crippen molar-refractivity contribution < 1.29 is 0 Å². The van der Waals surface area contributed by atoms with Crippen LogP contribution in [0.5, 0.6) is 0 Å². The van der Waals surface area contributed by atoms with E-state index in [-0.39, 0.29) is 0 Å². The molecule has 1 aromatic heterocycles. The highest BCUT2D eigenvalue weighted by molar-refractivity contribution is 6.33. The molecular weight excluding hydrogens is 388 g/mol. The van der Waals surface area contributed by atoms with Crippen LogP contribution in [-0.2, 0) is 0 Å². The molecule has 2 nitrogen and oxygen atoms in total. The monoisotopic (exact) mass is 420 g/mol. The highest BCUT2D eigenvalue weighted by Crippen LogP contribution is 2.31. The zero-order valence-corrected chi connectivity index (χ0v) is 19.6. The van der Waals surface area contributed by atoms with Crippen molar-refractivity contribution in [1.29, 1.82) is 0 Å². The number of halogens is 1. The summed E-state index contributed by atoms with van der Waals surface area (Å²) < 4.78 is 0. The standard InChI is InChI=1S/C22H21ClN2.C5H12/c1-14-9-5-6-10-18(14)17(4)24-22-16(3)15(2)13-21(25-22)19-11-7-8-12-20(19)23;1-3-5-4-2/h5-13H,4H2,1-3H3,(H,24,25);3-5H2,1-2H3. The Morgan fingerprint density at radius 1 is 0.933 bits per heavy atom. The molecule has 2 aromatic carbocycles. The normalized spacial score (nSPS) is 10.2. The zero-order valence-electron chi connectivity index (χ0n) is 18.8. The van der Waals surface area contributed by atoms with E-state index in [9.17, 15) is 0 Å². The van der Waals surface area contributed by atoms with E-state index in [2.05, 4.69) is 64.7 Å². The number of pyridine rings is 1. The summed E-state index contributed by atoms with van der Waals surface area (Å²) in [6.07, 6.45) is 4.08. The van der Waals surface area contributed by atoms with E-state index in [1.165, 1.54) is 24.8 Å². The fourth-order valence-electron chi connectivity index (χ4n) is 3.14. The third-order valence-corrected chi connectivity index (χ3v) is 5.46. The van der Waals surface area contributed by atoms with Gasteiger partial charge in [0.25, 0.3) is 0 Å². The fraction of sp³-hybridized carbons (Fsp3) is 0.296. The molecule has 0 atom stereocenters. The third kappa shape index (κ3) is 6.21. The molecule has 1 N–H and O–H groups in total. The molecule has 0 saturated carbocycles. The maximum atomic E-state index is 6.35. The van der Waals surface area contributed by atoms with Crippen LogP contribution in [0.3, 0.4) is 0 Å². The van der Waals surface area contributed by atoms with Crippen molar-refractivity contribution in [2.45, 2.75) is 53.9 Å². The Hall–Kier alpha value is -2.58. The smallest absolute Gasteiger partial charge is 0.134 e. The molecule has 0 amide bonds. The molecule has 0 aliphatic heterocycles. The van der Waals surface area contributed by atoms with Gasteiger partial charge in [0, 0.05) is 21.8 Å². The molecule has 0 fully saturated rings. The van der Waals surface area contributed by atoms with E-state index in [4.69, 9.17) is 16.6 Å². The number of nitrogens with zero attached hydrogens (tertiary/aromatic N) is 1. The number of hydrogen-bond acceptors (Lipinski definition) is 2. The van der Waals surface area contributed by atoms with Crippen LogP contribution in [0.25, 0.3) is 17.0 Å². The van der Waals surface area contributed by atoms with Crippen LogP contribution in [0.15, 0.2) is 61.2 Å². The first kappa shape index (κ1) is 23.7. The van der Waals surface area contributed by atoms with E-state index >= 15 is 0 Å². The quantitative estimate of drug-likeness (QED) is 0.431. The van der Waals surface area contributed by atoms with Crippen molar-refractivity contribution in [1.82, 2.24) is 4.98 Å². The Balaban J connectivity index is 0.000000575. The van der Waals surface area contributed by atoms with E-state index in [0.717, 1.165) is 39.5 Å². The Kier molecular flexibility index (Phi) is 9.14. The van der Waals surface area contributed by atoms with Crippen LogP contribution in [0.1, 0.15) is 55.4 Å². The Labute approximate surface area is 187 Å². The zero-order chi connectivity index (χ0) is 22.1. The van der Waals surface area contributed by atoms with Gasteiger partial charge in [-0.15, -0.1) is 0 Å². The Morgan fingerprint density at radius 2 is 1.57 bits per heavy atom. The molecule has 3 aromatic rings. The van der Waals surface area contributed by atoms with Gasteiger partial charge in [-0.2, -0.15) is 0 Å². The lowest BCUT2D eigenvalue weighted by Crippen LogP contribution is -2.05. The second-order valence-corrected chi connectivity index (χ2v) is 7.96. The molecule has 0 saturated heterocycles. The number of anilines is 1. The van der Waals surface area contributed by atoms with Gasteiger partial charge in [-0.25, -0.2) is 4.98 Å². The van der Waals surface area contributed by atoms with Crippen LogP contribution < -0.4 is 5.32 Å². The predicted molar refractivity (Wildman–Crippen MR) is 133 cm³/mol. The number of aryl methyl sites for hydroxylation is 2. The molecule has 0 spiro atoms. The Bertz CT molecular complexity index is 990. The Morgan fingerprint density at radius 3 is 2.17 bits per heavy atom. The number of unbranched alkanes of at least 4 members (excludes halogenated alkanes) is 2. The van der Waals surface area contributed by atoms with Crippen molar-refractivity contribution >= 4 is 23.1 Å². The maximum Gasteiger partial charge on any atom is 0.134 e. The lowest BCUT2D eigenvalue weighted by molar-refractivity contribution is 0.772. The van der Waals surface area contributed by atoms with Gasteiger partial charge >= 0.3 is 0 Å². The number of benzene rings is 2. The molecular formula is C27H33ClN2. The van der Waals surface area contributed by atoms with Gasteiger partial charge < -0.3 is 5.32 Å². The van der Waals surface area contributed by atoms with Crippen LogP contribution in [0.2, 0.25) is 5.02 Å². The summed E-state index contributed by atoms with van der Waals surface area (Å²) in [5.41, 5.74) is 7.15. The number of hydrogen-bond donors (Lipinski definition) is 1. The number of aromatic nitrogens is 1. The summed E-state index contributed by atoms with van der Waals surface area (Å²) in [6.45, 7) is 14.8. The second-order valence-electron chi connectivity index (χ2n) is 7.55. The van der Waals surface area contributed by atoms with Crippen LogP contribution in [-0.4, -0.2) is 4.98 Å². The van der Waals surface area contributed by atoms with E-state index in [1.54, 1.807) is 0 Å². The van der Waals surface area contributed by atoms with Gasteiger partial charge in [-0.1, -0.05) is 93.8 Å².